The number of nitrogens with two attached hydrogens (primary N) is 1. The first-order valence-electron chi connectivity index (χ1n) is 7.28. The van der Waals surface area contributed by atoms with Crippen molar-refractivity contribution in [3.63, 3.8) is 0 Å². The lowest BCUT2D eigenvalue weighted by Crippen LogP contribution is -2.12. The van der Waals surface area contributed by atoms with Gasteiger partial charge in [0.15, 0.2) is 0 Å². The van der Waals surface area contributed by atoms with Crippen LogP contribution >= 0.6 is 23.4 Å². The molecular weight excluding hydrogens is 312 g/mol. The van der Waals surface area contributed by atoms with Crippen molar-refractivity contribution in [2.24, 2.45) is 0 Å². The molecule has 1 aliphatic heterocycles. The fourth-order valence-electron chi connectivity index (χ4n) is 2.66. The molecule has 0 saturated carbocycles. The van der Waals surface area contributed by atoms with E-state index in [2.05, 4.69) is 37.2 Å². The lowest BCUT2D eigenvalue weighted by Gasteiger charge is -2.24. The van der Waals surface area contributed by atoms with E-state index in [4.69, 9.17) is 17.3 Å². The highest BCUT2D eigenvalue weighted by Gasteiger charge is 2.22. The van der Waals surface area contributed by atoms with Gasteiger partial charge in [0.2, 0.25) is 0 Å². The normalized spacial score (nSPS) is 15.0. The van der Waals surface area contributed by atoms with Crippen LogP contribution in [-0.2, 0) is 0 Å². The Labute approximate surface area is 141 Å². The number of hydrogen-bond acceptors (Lipinski definition) is 3. The SMILES string of the molecule is CN(C)CC/C=C1\c2cc(Cl)ccc2Sc2cccc(N)c21. The summed E-state index contributed by atoms with van der Waals surface area (Å²) >= 11 is 7.98. The smallest absolute Gasteiger partial charge is 0.0412 e. The molecule has 0 saturated heterocycles. The zero-order chi connectivity index (χ0) is 15.7. The monoisotopic (exact) mass is 330 g/mol. The van der Waals surface area contributed by atoms with Gasteiger partial charge >= 0.3 is 0 Å². The number of anilines is 1. The highest BCUT2D eigenvalue weighted by molar-refractivity contribution is 7.99. The molecule has 22 heavy (non-hydrogen) atoms. The second-order valence-corrected chi connectivity index (χ2v) is 7.19. The molecule has 1 aliphatic rings. The molecule has 0 aromatic heterocycles. The number of nitrogens with zero attached hydrogens (tertiary/aromatic N) is 1. The van der Waals surface area contributed by atoms with Crippen LogP contribution in [0, 0.1) is 0 Å². The molecule has 0 fully saturated rings. The third-order valence-corrected chi connectivity index (χ3v) is 5.08. The highest BCUT2D eigenvalue weighted by Crippen LogP contribution is 2.48. The van der Waals surface area contributed by atoms with Gasteiger partial charge in [0.05, 0.1) is 0 Å². The van der Waals surface area contributed by atoms with Crippen LogP contribution < -0.4 is 5.73 Å². The Kier molecular flexibility index (Phi) is 4.48. The van der Waals surface area contributed by atoms with Gasteiger partial charge in [0, 0.05) is 32.6 Å². The quantitative estimate of drug-likeness (QED) is 0.701. The van der Waals surface area contributed by atoms with Gasteiger partial charge in [-0.3, -0.25) is 0 Å². The second-order valence-electron chi connectivity index (χ2n) is 5.67. The summed E-state index contributed by atoms with van der Waals surface area (Å²) in [5, 5.41) is 0.760. The fraction of sp³-hybridized carbons (Fsp3) is 0.222. The molecule has 0 unspecified atom stereocenters. The average Bonchev–Trinajstić information content (AvgIpc) is 2.47. The van der Waals surface area contributed by atoms with Crippen molar-refractivity contribution in [1.29, 1.82) is 0 Å². The standard InChI is InChI=1S/C18H19ClN2S/c1-21(2)10-4-5-13-14-11-12(19)8-9-16(14)22-17-7-3-6-15(20)18(13)17/h3,5-9,11H,4,10,20H2,1-2H3/b13-5+. The van der Waals surface area contributed by atoms with Crippen LogP contribution in [0.15, 0.2) is 52.3 Å². The van der Waals surface area contributed by atoms with Crippen molar-refractivity contribution in [2.45, 2.75) is 16.2 Å². The summed E-state index contributed by atoms with van der Waals surface area (Å²) in [6.07, 6.45) is 3.26. The molecule has 2 nitrogen and oxygen atoms in total. The van der Waals surface area contributed by atoms with Crippen molar-refractivity contribution < 1.29 is 0 Å². The molecule has 2 N–H and O–H groups in total. The van der Waals surface area contributed by atoms with E-state index in [1.54, 1.807) is 11.8 Å². The predicted molar refractivity (Wildman–Crippen MR) is 96.7 cm³/mol. The van der Waals surface area contributed by atoms with Crippen LogP contribution in [0.2, 0.25) is 5.02 Å². The molecule has 2 aromatic rings. The van der Waals surface area contributed by atoms with Crippen LogP contribution in [0.4, 0.5) is 5.69 Å². The van der Waals surface area contributed by atoms with Crippen molar-refractivity contribution in [3.8, 4) is 0 Å². The maximum atomic E-state index is 6.26. The Bertz CT molecular complexity index is 738. The largest absolute Gasteiger partial charge is 0.398 e. The fourth-order valence-corrected chi connectivity index (χ4v) is 3.96. The Morgan fingerprint density at radius 2 is 2.00 bits per heavy atom. The molecule has 0 aliphatic carbocycles. The van der Waals surface area contributed by atoms with E-state index in [1.165, 1.54) is 20.9 Å². The summed E-state index contributed by atoms with van der Waals surface area (Å²) in [4.78, 5) is 4.63. The van der Waals surface area contributed by atoms with E-state index in [9.17, 15) is 0 Å². The van der Waals surface area contributed by atoms with Gasteiger partial charge in [-0.15, -0.1) is 0 Å². The first-order chi connectivity index (χ1) is 10.6. The van der Waals surface area contributed by atoms with E-state index < -0.39 is 0 Å². The third kappa shape index (κ3) is 3.02. The van der Waals surface area contributed by atoms with Crippen LogP contribution in [0.3, 0.4) is 0 Å². The second kappa shape index (κ2) is 6.37. The van der Waals surface area contributed by atoms with Gasteiger partial charge in [-0.2, -0.15) is 0 Å². The number of benzene rings is 2. The highest BCUT2D eigenvalue weighted by atomic mass is 35.5. The lowest BCUT2D eigenvalue weighted by molar-refractivity contribution is 0.417. The summed E-state index contributed by atoms with van der Waals surface area (Å²) in [5.41, 5.74) is 10.6. The van der Waals surface area contributed by atoms with Crippen LogP contribution in [-0.4, -0.2) is 25.5 Å². The molecule has 1 heterocycles. The van der Waals surface area contributed by atoms with Gasteiger partial charge in [0.25, 0.3) is 0 Å². The summed E-state index contributed by atoms with van der Waals surface area (Å²) in [6, 6.07) is 12.2. The molecule has 4 heteroatoms. The molecule has 0 bridgehead atoms. The van der Waals surface area contributed by atoms with Crippen LogP contribution in [0.1, 0.15) is 17.5 Å². The van der Waals surface area contributed by atoms with Gasteiger partial charge in [-0.1, -0.05) is 35.5 Å². The average molecular weight is 331 g/mol. The number of nitrogen functional groups attached to an aromatic ring is 1. The topological polar surface area (TPSA) is 29.3 Å². The molecule has 2 aromatic carbocycles. The van der Waals surface area contributed by atoms with Gasteiger partial charge in [0.1, 0.15) is 0 Å². The zero-order valence-electron chi connectivity index (χ0n) is 12.8. The molecule has 0 spiro atoms. The maximum Gasteiger partial charge on any atom is 0.0412 e. The summed E-state index contributed by atoms with van der Waals surface area (Å²) in [7, 11) is 4.17. The van der Waals surface area contributed by atoms with E-state index >= 15 is 0 Å². The van der Waals surface area contributed by atoms with E-state index in [0.29, 0.717) is 0 Å². The molecule has 0 amide bonds. The lowest BCUT2D eigenvalue weighted by atomic mass is 9.94. The number of fused-ring (bicyclic) bond motifs is 2. The third-order valence-electron chi connectivity index (χ3n) is 3.70. The number of rotatable bonds is 3. The van der Waals surface area contributed by atoms with E-state index in [0.717, 1.165) is 29.2 Å². The summed E-state index contributed by atoms with van der Waals surface area (Å²) < 4.78 is 0. The van der Waals surface area contributed by atoms with Crippen LogP contribution in [0.25, 0.3) is 5.57 Å². The zero-order valence-corrected chi connectivity index (χ0v) is 14.3. The minimum Gasteiger partial charge on any atom is -0.398 e. The van der Waals surface area contributed by atoms with Crippen molar-refractivity contribution in [3.05, 3.63) is 58.6 Å². The molecule has 3 rings (SSSR count). The maximum absolute atomic E-state index is 6.26. The van der Waals surface area contributed by atoms with Gasteiger partial charge in [-0.05, 0) is 62.0 Å². The minimum absolute atomic E-state index is 0.760. The Morgan fingerprint density at radius 3 is 2.77 bits per heavy atom. The molecule has 0 atom stereocenters. The minimum atomic E-state index is 0.760. The molecule has 0 radical (unpaired) electrons. The number of hydrogen-bond donors (Lipinski definition) is 1. The van der Waals surface area contributed by atoms with E-state index in [1.807, 2.05) is 24.3 Å². The van der Waals surface area contributed by atoms with Gasteiger partial charge in [-0.25, -0.2) is 0 Å². The Hall–Kier alpha value is -1.42. The number of halogens is 1. The summed E-state index contributed by atoms with van der Waals surface area (Å²) in [6.45, 7) is 1.01. The van der Waals surface area contributed by atoms with Gasteiger partial charge < -0.3 is 10.6 Å². The van der Waals surface area contributed by atoms with Crippen molar-refractivity contribution in [1.82, 2.24) is 4.90 Å². The molecular formula is C18H19ClN2S. The van der Waals surface area contributed by atoms with E-state index in [-0.39, 0.29) is 0 Å². The van der Waals surface area contributed by atoms with Crippen LogP contribution in [0.5, 0.6) is 0 Å². The Morgan fingerprint density at radius 1 is 1.18 bits per heavy atom. The van der Waals surface area contributed by atoms with Crippen molar-refractivity contribution >= 4 is 34.6 Å². The first-order valence-corrected chi connectivity index (χ1v) is 8.47. The summed E-state index contributed by atoms with van der Waals surface area (Å²) in [5.74, 6) is 0. The first kappa shape index (κ1) is 15.5. The molecule has 114 valence electrons. The predicted octanol–water partition coefficient (Wildman–Crippen LogP) is 4.77. The van der Waals surface area contributed by atoms with Crippen molar-refractivity contribution in [2.75, 3.05) is 26.4 Å². The Balaban J connectivity index is 2.12.